The second-order valence-corrected chi connectivity index (χ2v) is 5.24. The molecular formula is C16H22N2O7. The van der Waals surface area contributed by atoms with Crippen LogP contribution in [0.2, 0.25) is 0 Å². The van der Waals surface area contributed by atoms with Crippen molar-refractivity contribution in [3.8, 4) is 11.5 Å². The number of methoxy groups -OCH3 is 1. The zero-order chi connectivity index (χ0) is 19.0. The van der Waals surface area contributed by atoms with E-state index < -0.39 is 28.4 Å². The summed E-state index contributed by atoms with van der Waals surface area (Å²) in [5.74, 6) is -2.18. The Balaban J connectivity index is 3.11. The van der Waals surface area contributed by atoms with Crippen LogP contribution in [0.5, 0.6) is 11.5 Å². The zero-order valence-corrected chi connectivity index (χ0v) is 14.4. The lowest BCUT2D eigenvalue weighted by Gasteiger charge is -2.14. The third kappa shape index (κ3) is 5.33. The minimum Gasteiger partial charge on any atom is -0.493 e. The number of aliphatic carboxylic acids is 1. The van der Waals surface area contributed by atoms with E-state index in [1.807, 2.05) is 6.92 Å². The highest BCUT2D eigenvalue weighted by atomic mass is 16.6. The third-order valence-electron chi connectivity index (χ3n) is 3.52. The number of ether oxygens (including phenoxy) is 2. The van der Waals surface area contributed by atoms with Gasteiger partial charge in [0.2, 0.25) is 0 Å². The van der Waals surface area contributed by atoms with Crippen molar-refractivity contribution in [2.24, 2.45) is 5.92 Å². The van der Waals surface area contributed by atoms with Gasteiger partial charge in [-0.05, 0) is 13.3 Å². The fourth-order valence-electron chi connectivity index (χ4n) is 2.28. The van der Waals surface area contributed by atoms with E-state index in [1.54, 1.807) is 6.92 Å². The van der Waals surface area contributed by atoms with E-state index in [0.29, 0.717) is 12.8 Å². The van der Waals surface area contributed by atoms with E-state index in [0.717, 1.165) is 6.07 Å². The number of hydrogen-bond acceptors (Lipinski definition) is 6. The maximum absolute atomic E-state index is 12.4. The predicted molar refractivity (Wildman–Crippen MR) is 89.2 cm³/mol. The molecule has 1 atom stereocenters. The Kier molecular flexibility index (Phi) is 7.64. The van der Waals surface area contributed by atoms with E-state index >= 15 is 0 Å². The van der Waals surface area contributed by atoms with Gasteiger partial charge >= 0.3 is 5.97 Å². The molecule has 0 heterocycles. The molecule has 1 rings (SSSR count). The van der Waals surface area contributed by atoms with Gasteiger partial charge in [0.1, 0.15) is 5.56 Å². The van der Waals surface area contributed by atoms with Crippen molar-refractivity contribution in [3.63, 3.8) is 0 Å². The molecule has 0 aliphatic heterocycles. The summed E-state index contributed by atoms with van der Waals surface area (Å²) in [5.41, 5.74) is -0.657. The van der Waals surface area contributed by atoms with Crippen molar-refractivity contribution >= 4 is 17.6 Å². The number of nitrogens with one attached hydrogen (secondary N) is 1. The van der Waals surface area contributed by atoms with Gasteiger partial charge in [-0.1, -0.05) is 13.3 Å². The lowest BCUT2D eigenvalue weighted by molar-refractivity contribution is -0.385. The molecule has 138 valence electrons. The number of carboxylic acid groups (broad SMARTS) is 1. The quantitative estimate of drug-likeness (QED) is 0.487. The average Bonchev–Trinajstić information content (AvgIpc) is 2.57. The first kappa shape index (κ1) is 20.2. The first-order valence-corrected chi connectivity index (χ1v) is 7.85. The Bertz CT molecular complexity index is 646. The Morgan fingerprint density at radius 1 is 1.32 bits per heavy atom. The fraction of sp³-hybridized carbons (Fsp3) is 0.500. The van der Waals surface area contributed by atoms with Gasteiger partial charge in [-0.2, -0.15) is 0 Å². The topological polar surface area (TPSA) is 128 Å². The number of amides is 1. The maximum Gasteiger partial charge on any atom is 0.308 e. The number of nitrogens with zero attached hydrogens (tertiary/aromatic N) is 1. The molecule has 0 bridgehead atoms. The van der Waals surface area contributed by atoms with Gasteiger partial charge in [0.25, 0.3) is 11.6 Å². The Morgan fingerprint density at radius 2 is 2.00 bits per heavy atom. The molecule has 2 N–H and O–H groups in total. The molecule has 1 aromatic rings. The van der Waals surface area contributed by atoms with Crippen LogP contribution in [-0.4, -0.2) is 42.2 Å². The number of carboxylic acids is 1. The van der Waals surface area contributed by atoms with Gasteiger partial charge in [-0.25, -0.2) is 0 Å². The normalized spacial score (nSPS) is 11.5. The second kappa shape index (κ2) is 9.45. The maximum atomic E-state index is 12.4. The Labute approximate surface area is 145 Å². The SMILES string of the molecule is CCCC(CNC(=O)c1cc(OCC)c(OC)cc1[N+](=O)[O-])C(=O)O. The van der Waals surface area contributed by atoms with Crippen molar-refractivity contribution < 1.29 is 29.1 Å². The molecule has 25 heavy (non-hydrogen) atoms. The summed E-state index contributed by atoms with van der Waals surface area (Å²) in [6, 6.07) is 2.34. The lowest BCUT2D eigenvalue weighted by atomic mass is 10.0. The van der Waals surface area contributed by atoms with E-state index in [-0.39, 0.29) is 30.2 Å². The molecule has 9 heteroatoms. The van der Waals surface area contributed by atoms with Crippen LogP contribution in [-0.2, 0) is 4.79 Å². The van der Waals surface area contributed by atoms with Crippen molar-refractivity contribution in [2.45, 2.75) is 26.7 Å². The number of rotatable bonds is 10. The summed E-state index contributed by atoms with van der Waals surface area (Å²) in [4.78, 5) is 34.0. The number of hydrogen-bond donors (Lipinski definition) is 2. The average molecular weight is 354 g/mol. The van der Waals surface area contributed by atoms with Crippen LogP contribution >= 0.6 is 0 Å². The predicted octanol–water partition coefficient (Wildman–Crippen LogP) is 2.23. The summed E-state index contributed by atoms with van der Waals surface area (Å²) in [6.07, 6.45) is 1.04. The monoisotopic (exact) mass is 354 g/mol. The largest absolute Gasteiger partial charge is 0.493 e. The third-order valence-corrected chi connectivity index (χ3v) is 3.52. The van der Waals surface area contributed by atoms with Crippen LogP contribution in [0.15, 0.2) is 12.1 Å². The molecule has 1 amide bonds. The summed E-state index contributed by atoms with van der Waals surface area (Å²) < 4.78 is 10.4. The van der Waals surface area contributed by atoms with Gasteiger partial charge in [-0.15, -0.1) is 0 Å². The van der Waals surface area contributed by atoms with Crippen molar-refractivity contribution in [2.75, 3.05) is 20.3 Å². The van der Waals surface area contributed by atoms with Gasteiger partial charge in [0.15, 0.2) is 11.5 Å². The zero-order valence-electron chi connectivity index (χ0n) is 14.4. The molecule has 0 radical (unpaired) electrons. The van der Waals surface area contributed by atoms with Gasteiger partial charge in [0.05, 0.1) is 30.6 Å². The summed E-state index contributed by atoms with van der Waals surface area (Å²) in [5, 5.41) is 22.8. The summed E-state index contributed by atoms with van der Waals surface area (Å²) in [6.45, 7) is 3.73. The minimum absolute atomic E-state index is 0.116. The van der Waals surface area contributed by atoms with Crippen LogP contribution in [0.25, 0.3) is 0 Å². The molecule has 9 nitrogen and oxygen atoms in total. The molecule has 0 saturated heterocycles. The van der Waals surface area contributed by atoms with Gasteiger partial charge in [0, 0.05) is 12.6 Å². The minimum atomic E-state index is -1.03. The van der Waals surface area contributed by atoms with Crippen LogP contribution < -0.4 is 14.8 Å². The van der Waals surface area contributed by atoms with Crippen LogP contribution in [0, 0.1) is 16.0 Å². The Hall–Kier alpha value is -2.84. The summed E-state index contributed by atoms with van der Waals surface area (Å²) in [7, 11) is 1.34. The van der Waals surface area contributed by atoms with Gasteiger partial charge in [-0.3, -0.25) is 19.7 Å². The van der Waals surface area contributed by atoms with Crippen molar-refractivity contribution in [1.82, 2.24) is 5.32 Å². The number of nitro benzene ring substituents is 1. The van der Waals surface area contributed by atoms with Crippen LogP contribution in [0.1, 0.15) is 37.0 Å². The highest BCUT2D eigenvalue weighted by molar-refractivity contribution is 5.99. The molecule has 0 saturated carbocycles. The molecule has 0 aromatic heterocycles. The van der Waals surface area contributed by atoms with E-state index in [2.05, 4.69) is 5.32 Å². The molecule has 1 aromatic carbocycles. The molecule has 0 aliphatic rings. The molecular weight excluding hydrogens is 332 g/mol. The van der Waals surface area contributed by atoms with E-state index in [4.69, 9.17) is 14.6 Å². The van der Waals surface area contributed by atoms with Crippen molar-refractivity contribution in [1.29, 1.82) is 0 Å². The molecule has 0 spiro atoms. The summed E-state index contributed by atoms with van der Waals surface area (Å²) >= 11 is 0. The first-order chi connectivity index (χ1) is 11.8. The van der Waals surface area contributed by atoms with E-state index in [1.165, 1.54) is 13.2 Å². The molecule has 1 unspecified atom stereocenters. The molecule has 0 fully saturated rings. The highest BCUT2D eigenvalue weighted by Crippen LogP contribution is 2.34. The number of benzene rings is 1. The Morgan fingerprint density at radius 3 is 2.48 bits per heavy atom. The number of nitro groups is 1. The lowest BCUT2D eigenvalue weighted by Crippen LogP contribution is -2.33. The number of carbonyl (C=O) groups excluding carboxylic acids is 1. The van der Waals surface area contributed by atoms with Gasteiger partial charge < -0.3 is 19.9 Å². The fourth-order valence-corrected chi connectivity index (χ4v) is 2.28. The smallest absolute Gasteiger partial charge is 0.308 e. The van der Waals surface area contributed by atoms with Crippen molar-refractivity contribution in [3.05, 3.63) is 27.8 Å². The highest BCUT2D eigenvalue weighted by Gasteiger charge is 2.26. The van der Waals surface area contributed by atoms with Crippen LogP contribution in [0.3, 0.4) is 0 Å². The van der Waals surface area contributed by atoms with E-state index in [9.17, 15) is 19.7 Å². The van der Waals surface area contributed by atoms with Crippen LogP contribution in [0.4, 0.5) is 5.69 Å². The standard InChI is InChI=1S/C16H22N2O7/c1-4-6-10(16(20)21)9-17-15(19)11-7-14(25-5-2)13(24-3)8-12(11)18(22)23/h7-8,10H,4-6,9H2,1-3H3,(H,17,19)(H,20,21). The second-order valence-electron chi connectivity index (χ2n) is 5.24. The molecule has 0 aliphatic carbocycles. The first-order valence-electron chi connectivity index (χ1n) is 7.85. The number of carbonyl (C=O) groups is 2.